The number of aromatic nitrogens is 3. The highest BCUT2D eigenvalue weighted by atomic mass is 35.5. The van der Waals surface area contributed by atoms with Crippen LogP contribution in [-0.2, 0) is 24.3 Å². The Bertz CT molecular complexity index is 1740. The molecule has 2 aromatic heterocycles. The van der Waals surface area contributed by atoms with Crippen molar-refractivity contribution in [2.45, 2.75) is 19.6 Å². The molecule has 0 aliphatic carbocycles. The van der Waals surface area contributed by atoms with E-state index in [2.05, 4.69) is 9.97 Å². The number of pyridine rings is 1. The smallest absolute Gasteiger partial charge is 0.335 e. The van der Waals surface area contributed by atoms with Crippen molar-refractivity contribution in [2.75, 3.05) is 13.7 Å². The van der Waals surface area contributed by atoms with Crippen LogP contribution in [-0.4, -0.2) is 39.3 Å². The second kappa shape index (κ2) is 12.0. The van der Waals surface area contributed by atoms with Crippen LogP contribution in [0, 0.1) is 17.5 Å². The highest BCUT2D eigenvalue weighted by Gasteiger charge is 2.19. The predicted molar refractivity (Wildman–Crippen MR) is 147 cm³/mol. The van der Waals surface area contributed by atoms with Crippen LogP contribution in [0.1, 0.15) is 27.3 Å². The van der Waals surface area contributed by atoms with Crippen molar-refractivity contribution >= 4 is 28.6 Å². The Labute approximate surface area is 237 Å². The van der Waals surface area contributed by atoms with Gasteiger partial charge < -0.3 is 19.1 Å². The van der Waals surface area contributed by atoms with Gasteiger partial charge in [0.1, 0.15) is 29.9 Å². The Hall–Kier alpha value is -4.41. The summed E-state index contributed by atoms with van der Waals surface area (Å²) in [7, 11) is 1.52. The van der Waals surface area contributed by atoms with Crippen molar-refractivity contribution < 1.29 is 32.5 Å². The van der Waals surface area contributed by atoms with E-state index in [-0.39, 0.29) is 58.5 Å². The molecule has 0 fully saturated rings. The van der Waals surface area contributed by atoms with Crippen LogP contribution in [0.3, 0.4) is 0 Å². The summed E-state index contributed by atoms with van der Waals surface area (Å²) < 4.78 is 57.2. The molecule has 0 aliphatic rings. The minimum absolute atomic E-state index is 0.0707. The minimum atomic E-state index is -1.10. The minimum Gasteiger partial charge on any atom is -0.478 e. The fraction of sp³-hybridized carbons (Fsp3) is 0.167. The van der Waals surface area contributed by atoms with Gasteiger partial charge in [-0.2, -0.15) is 0 Å². The van der Waals surface area contributed by atoms with E-state index < -0.39 is 23.4 Å². The second-order valence-corrected chi connectivity index (χ2v) is 9.60. The van der Waals surface area contributed by atoms with Crippen molar-refractivity contribution in [3.8, 4) is 17.1 Å². The Morgan fingerprint density at radius 3 is 2.46 bits per heavy atom. The van der Waals surface area contributed by atoms with Gasteiger partial charge in [-0.3, -0.25) is 0 Å². The maximum atomic E-state index is 15.3. The van der Waals surface area contributed by atoms with E-state index in [0.29, 0.717) is 23.4 Å². The molecule has 2 heterocycles. The first-order valence-corrected chi connectivity index (χ1v) is 12.8. The summed E-state index contributed by atoms with van der Waals surface area (Å²) >= 11 is 5.78. The number of rotatable bonds is 10. The van der Waals surface area contributed by atoms with Crippen molar-refractivity contribution in [2.24, 2.45) is 0 Å². The Morgan fingerprint density at radius 2 is 1.76 bits per heavy atom. The lowest BCUT2D eigenvalue weighted by Gasteiger charge is -2.12. The normalized spacial score (nSPS) is 11.2. The number of halogens is 4. The number of hydrogen-bond acceptors (Lipinski definition) is 5. The van der Waals surface area contributed by atoms with Crippen LogP contribution in [0.15, 0.2) is 66.7 Å². The van der Waals surface area contributed by atoms with E-state index in [1.165, 1.54) is 43.5 Å². The number of fused-ring (bicyclic) bond motifs is 1. The first-order chi connectivity index (χ1) is 19.7. The number of benzene rings is 3. The summed E-state index contributed by atoms with van der Waals surface area (Å²) in [6.07, 6.45) is -0.179. The summed E-state index contributed by atoms with van der Waals surface area (Å²) in [5, 5.41) is 9.64. The Morgan fingerprint density at radius 1 is 0.976 bits per heavy atom. The van der Waals surface area contributed by atoms with Crippen molar-refractivity contribution in [3.05, 3.63) is 112 Å². The standard InChI is InChI=1S/C30H23ClF3N3O4/c1-40-10-9-37-27-13-17(30(38)39)6-8-26(27)35-28(37)15-21-23(33)11-19(12-24(21)34)25-3-2-4-29(36-25)41-16-18-5-7-20(31)14-22(18)32/h2-8,11-14H,9-10,15-16H2,1H3,(H,38,39). The third kappa shape index (κ3) is 6.18. The fourth-order valence-corrected chi connectivity index (χ4v) is 4.56. The number of carbonyl (C=O) groups is 1. The van der Waals surface area contributed by atoms with Crippen molar-refractivity contribution in [3.63, 3.8) is 0 Å². The van der Waals surface area contributed by atoms with Gasteiger partial charge >= 0.3 is 5.97 Å². The summed E-state index contributed by atoms with van der Waals surface area (Å²) in [5.41, 5.74) is 1.61. The molecule has 0 spiro atoms. The van der Waals surface area contributed by atoms with Gasteiger partial charge in [-0.25, -0.2) is 27.9 Å². The molecule has 1 N–H and O–H groups in total. The average molecular weight is 582 g/mol. The van der Waals surface area contributed by atoms with Crippen LogP contribution in [0.2, 0.25) is 5.02 Å². The summed E-state index contributed by atoms with van der Waals surface area (Å²) in [6.45, 7) is 0.483. The molecule has 0 bridgehead atoms. The third-order valence-corrected chi connectivity index (χ3v) is 6.71. The summed E-state index contributed by atoms with van der Waals surface area (Å²) in [4.78, 5) is 20.3. The molecular formula is C30H23ClF3N3O4. The molecule has 3 aromatic carbocycles. The maximum Gasteiger partial charge on any atom is 0.335 e. The zero-order valence-corrected chi connectivity index (χ0v) is 22.5. The first-order valence-electron chi connectivity index (χ1n) is 12.5. The molecule has 5 rings (SSSR count). The fourth-order valence-electron chi connectivity index (χ4n) is 4.40. The number of ether oxygens (including phenoxy) is 2. The molecule has 41 heavy (non-hydrogen) atoms. The zero-order chi connectivity index (χ0) is 29.1. The highest BCUT2D eigenvalue weighted by Crippen LogP contribution is 2.28. The number of hydrogen-bond donors (Lipinski definition) is 1. The monoisotopic (exact) mass is 581 g/mol. The third-order valence-electron chi connectivity index (χ3n) is 6.48. The van der Waals surface area contributed by atoms with E-state index in [9.17, 15) is 14.3 Å². The molecule has 0 saturated heterocycles. The van der Waals surface area contributed by atoms with Crippen LogP contribution < -0.4 is 4.74 Å². The van der Waals surface area contributed by atoms with Gasteiger partial charge in [0.05, 0.1) is 28.9 Å². The van der Waals surface area contributed by atoms with E-state index in [0.717, 1.165) is 0 Å². The number of carboxylic acids is 1. The lowest BCUT2D eigenvalue weighted by molar-refractivity contribution is 0.0697. The number of methoxy groups -OCH3 is 1. The lowest BCUT2D eigenvalue weighted by Crippen LogP contribution is -2.10. The number of carboxylic acid groups (broad SMARTS) is 1. The molecular weight excluding hydrogens is 559 g/mol. The molecule has 11 heteroatoms. The quantitative estimate of drug-likeness (QED) is 0.198. The molecule has 0 saturated carbocycles. The van der Waals surface area contributed by atoms with Crippen LogP contribution in [0.4, 0.5) is 13.2 Å². The van der Waals surface area contributed by atoms with Gasteiger partial charge in [0, 0.05) is 47.9 Å². The van der Waals surface area contributed by atoms with Crippen molar-refractivity contribution in [1.29, 1.82) is 0 Å². The Balaban J connectivity index is 1.41. The average Bonchev–Trinajstić information content (AvgIpc) is 3.29. The molecule has 7 nitrogen and oxygen atoms in total. The van der Waals surface area contributed by atoms with Gasteiger partial charge in [0.2, 0.25) is 5.88 Å². The molecule has 0 amide bonds. The van der Waals surface area contributed by atoms with Gasteiger partial charge in [-0.15, -0.1) is 0 Å². The van der Waals surface area contributed by atoms with Gasteiger partial charge in [-0.1, -0.05) is 23.7 Å². The maximum absolute atomic E-state index is 15.3. The SMILES string of the molecule is COCCn1c(Cc2c(F)cc(-c3cccc(OCc4ccc(Cl)cc4F)n3)cc2F)nc2ccc(C(=O)O)cc21. The largest absolute Gasteiger partial charge is 0.478 e. The summed E-state index contributed by atoms with van der Waals surface area (Å²) in [5.74, 6) is -2.71. The highest BCUT2D eigenvalue weighted by molar-refractivity contribution is 6.30. The first kappa shape index (κ1) is 28.1. The number of imidazole rings is 1. The summed E-state index contributed by atoms with van der Waals surface area (Å²) in [6, 6.07) is 15.8. The second-order valence-electron chi connectivity index (χ2n) is 9.16. The Kier molecular flexibility index (Phi) is 8.23. The van der Waals surface area contributed by atoms with Gasteiger partial charge in [0.15, 0.2) is 0 Å². The molecule has 0 aliphatic heterocycles. The van der Waals surface area contributed by atoms with E-state index in [1.807, 2.05) is 0 Å². The molecule has 0 atom stereocenters. The van der Waals surface area contributed by atoms with Crippen LogP contribution >= 0.6 is 11.6 Å². The molecule has 0 unspecified atom stereocenters. The molecule has 5 aromatic rings. The molecule has 210 valence electrons. The number of aromatic carboxylic acids is 1. The topological polar surface area (TPSA) is 86.5 Å². The van der Waals surface area contributed by atoms with E-state index in [1.54, 1.807) is 34.9 Å². The zero-order valence-electron chi connectivity index (χ0n) is 21.7. The van der Waals surface area contributed by atoms with Crippen molar-refractivity contribution in [1.82, 2.24) is 14.5 Å². The number of nitrogens with zero attached hydrogens (tertiary/aromatic N) is 3. The molecule has 0 radical (unpaired) electrons. The van der Waals surface area contributed by atoms with Gasteiger partial charge in [0.25, 0.3) is 0 Å². The predicted octanol–water partition coefficient (Wildman–Crippen LogP) is 6.68. The van der Waals surface area contributed by atoms with Crippen LogP contribution in [0.25, 0.3) is 22.3 Å². The van der Waals surface area contributed by atoms with E-state index in [4.69, 9.17) is 21.1 Å². The van der Waals surface area contributed by atoms with Crippen LogP contribution in [0.5, 0.6) is 5.88 Å². The lowest BCUT2D eigenvalue weighted by atomic mass is 10.0. The van der Waals surface area contributed by atoms with Gasteiger partial charge in [-0.05, 0) is 48.5 Å². The van der Waals surface area contributed by atoms with E-state index >= 15 is 8.78 Å².